The average Bonchev–Trinajstić information content (AvgIpc) is 2.71. The fourth-order valence-corrected chi connectivity index (χ4v) is 4.81. The van der Waals surface area contributed by atoms with Crippen LogP contribution in [0.5, 0.6) is 5.75 Å². The summed E-state index contributed by atoms with van der Waals surface area (Å²) in [6.45, 7) is 5.18. The molecular formula is C21H25BrN4O3S. The Balaban J connectivity index is 1.51. The molecule has 0 radical (unpaired) electrons. The van der Waals surface area contributed by atoms with Gasteiger partial charge in [-0.3, -0.25) is 9.69 Å². The first-order chi connectivity index (χ1) is 14.4. The van der Waals surface area contributed by atoms with Crippen LogP contribution in [0.15, 0.2) is 33.8 Å². The van der Waals surface area contributed by atoms with Crippen molar-refractivity contribution >= 4 is 45.3 Å². The Hall–Kier alpha value is -2.26. The number of benzene rings is 1. The Morgan fingerprint density at radius 3 is 2.83 bits per heavy atom. The molecule has 1 aliphatic rings. The summed E-state index contributed by atoms with van der Waals surface area (Å²) >= 11 is 5.09. The Kier molecular flexibility index (Phi) is 7.60. The Bertz CT molecular complexity index is 954. The van der Waals surface area contributed by atoms with Crippen molar-refractivity contribution in [3.8, 4) is 5.75 Å². The molecular weight excluding hydrogens is 468 g/mol. The number of methoxy groups -OCH3 is 1. The molecule has 0 fully saturated rings. The minimum absolute atomic E-state index is 0.139. The summed E-state index contributed by atoms with van der Waals surface area (Å²) in [7, 11) is 1.60. The topological polar surface area (TPSA) is 83.6 Å². The lowest BCUT2D eigenvalue weighted by Crippen LogP contribution is -2.44. The molecule has 0 atom stereocenters. The van der Waals surface area contributed by atoms with Crippen molar-refractivity contribution in [2.45, 2.75) is 31.8 Å². The maximum absolute atomic E-state index is 12.7. The number of urea groups is 1. The van der Waals surface area contributed by atoms with Crippen molar-refractivity contribution in [1.82, 2.24) is 15.6 Å². The molecule has 30 heavy (non-hydrogen) atoms. The molecule has 0 spiro atoms. The summed E-state index contributed by atoms with van der Waals surface area (Å²) in [5.74, 6) is 1.37. The van der Waals surface area contributed by atoms with Gasteiger partial charge in [0.05, 0.1) is 12.8 Å². The van der Waals surface area contributed by atoms with Gasteiger partial charge < -0.3 is 15.4 Å². The molecule has 0 bridgehead atoms. The third-order valence-electron chi connectivity index (χ3n) is 4.69. The predicted molar refractivity (Wildman–Crippen MR) is 122 cm³/mol. The van der Waals surface area contributed by atoms with Gasteiger partial charge >= 0.3 is 6.03 Å². The summed E-state index contributed by atoms with van der Waals surface area (Å²) in [6, 6.07) is 7.42. The number of carbonyl (C=O) groups is 2. The van der Waals surface area contributed by atoms with E-state index in [1.165, 1.54) is 0 Å². The van der Waals surface area contributed by atoms with Gasteiger partial charge in [-0.05, 0) is 43.7 Å². The number of pyridine rings is 1. The molecule has 3 amide bonds. The molecule has 0 unspecified atom stereocenters. The first kappa shape index (κ1) is 22.4. The first-order valence-corrected chi connectivity index (χ1v) is 11.4. The number of nitrogens with one attached hydrogen (secondary N) is 2. The molecule has 0 saturated heterocycles. The molecule has 0 saturated carbocycles. The van der Waals surface area contributed by atoms with Crippen molar-refractivity contribution in [2.75, 3.05) is 30.9 Å². The van der Waals surface area contributed by atoms with Crippen LogP contribution in [0.2, 0.25) is 0 Å². The van der Waals surface area contributed by atoms with Crippen LogP contribution in [-0.4, -0.2) is 42.9 Å². The number of carbonyl (C=O) groups excluding carboxylic acids is 2. The standard InChI is InChI=1S/C21H25BrN4O3S/c1-13-10-14(2)25-20-19(13)26(8-9-30-20)21(28)23-7-6-18(27)24-12-15-11-16(22)4-5-17(15)29-3/h4-5,10-11H,6-9,12H2,1-3H3,(H,23,28)(H,24,27). The van der Waals surface area contributed by atoms with Crippen LogP contribution in [0.25, 0.3) is 0 Å². The molecule has 1 aromatic carbocycles. The van der Waals surface area contributed by atoms with Crippen LogP contribution in [-0.2, 0) is 11.3 Å². The number of ether oxygens (including phenoxy) is 1. The first-order valence-electron chi connectivity index (χ1n) is 9.64. The van der Waals surface area contributed by atoms with Gasteiger partial charge in [0.2, 0.25) is 5.91 Å². The summed E-state index contributed by atoms with van der Waals surface area (Å²) in [6.07, 6.45) is 0.197. The fraction of sp³-hybridized carbons (Fsp3) is 0.381. The quantitative estimate of drug-likeness (QED) is 0.640. The predicted octanol–water partition coefficient (Wildman–Crippen LogP) is 3.80. The second-order valence-corrected chi connectivity index (χ2v) is 8.95. The van der Waals surface area contributed by atoms with E-state index in [0.29, 0.717) is 18.8 Å². The smallest absolute Gasteiger partial charge is 0.322 e. The second-order valence-electron chi connectivity index (χ2n) is 6.95. The Morgan fingerprint density at radius 2 is 2.07 bits per heavy atom. The normalized spacial score (nSPS) is 12.9. The number of rotatable bonds is 6. The van der Waals surface area contributed by atoms with Crippen molar-refractivity contribution in [2.24, 2.45) is 0 Å². The van der Waals surface area contributed by atoms with Gasteiger partial charge in [0, 0.05) is 47.5 Å². The van der Waals surface area contributed by atoms with Crippen LogP contribution >= 0.6 is 27.7 Å². The van der Waals surface area contributed by atoms with E-state index in [2.05, 4.69) is 31.5 Å². The highest BCUT2D eigenvalue weighted by Gasteiger charge is 2.26. The highest BCUT2D eigenvalue weighted by Crippen LogP contribution is 2.36. The van der Waals surface area contributed by atoms with E-state index >= 15 is 0 Å². The number of anilines is 1. The zero-order valence-electron chi connectivity index (χ0n) is 17.3. The van der Waals surface area contributed by atoms with Gasteiger partial charge in [-0.15, -0.1) is 11.8 Å². The molecule has 2 heterocycles. The van der Waals surface area contributed by atoms with Crippen molar-refractivity contribution in [3.63, 3.8) is 0 Å². The fourth-order valence-electron chi connectivity index (χ4n) is 3.32. The van der Waals surface area contributed by atoms with Crippen LogP contribution in [0.3, 0.4) is 0 Å². The van der Waals surface area contributed by atoms with Gasteiger partial charge in [-0.1, -0.05) is 15.9 Å². The maximum Gasteiger partial charge on any atom is 0.322 e. The van der Waals surface area contributed by atoms with Gasteiger partial charge in [0.15, 0.2) is 0 Å². The van der Waals surface area contributed by atoms with Crippen molar-refractivity contribution in [3.05, 3.63) is 45.6 Å². The average molecular weight is 493 g/mol. The lowest BCUT2D eigenvalue weighted by molar-refractivity contribution is -0.121. The molecule has 3 rings (SSSR count). The van der Waals surface area contributed by atoms with Gasteiger partial charge in [-0.2, -0.15) is 0 Å². The summed E-state index contributed by atoms with van der Waals surface area (Å²) in [5, 5.41) is 6.60. The number of fused-ring (bicyclic) bond motifs is 1. The second kappa shape index (κ2) is 10.2. The molecule has 0 aliphatic carbocycles. The minimum atomic E-state index is -0.202. The van der Waals surface area contributed by atoms with Crippen LogP contribution in [0.4, 0.5) is 10.5 Å². The highest BCUT2D eigenvalue weighted by molar-refractivity contribution is 9.10. The zero-order valence-corrected chi connectivity index (χ0v) is 19.7. The molecule has 2 aromatic rings. The molecule has 1 aliphatic heterocycles. The number of thioether (sulfide) groups is 1. The molecule has 160 valence electrons. The Labute approximate surface area is 189 Å². The van der Waals surface area contributed by atoms with E-state index in [0.717, 1.165) is 37.8 Å². The number of hydrogen-bond donors (Lipinski definition) is 2. The van der Waals surface area contributed by atoms with Crippen LogP contribution in [0, 0.1) is 13.8 Å². The lowest BCUT2D eigenvalue weighted by atomic mass is 10.2. The summed E-state index contributed by atoms with van der Waals surface area (Å²) in [4.78, 5) is 31.2. The molecule has 1 aromatic heterocycles. The van der Waals surface area contributed by atoms with E-state index in [9.17, 15) is 9.59 Å². The third kappa shape index (κ3) is 5.46. The number of amides is 3. The molecule has 2 N–H and O–H groups in total. The molecule has 9 heteroatoms. The van der Waals surface area contributed by atoms with Crippen LogP contribution in [0.1, 0.15) is 23.2 Å². The number of halogens is 1. The zero-order chi connectivity index (χ0) is 21.7. The number of nitrogens with zero attached hydrogens (tertiary/aromatic N) is 2. The van der Waals surface area contributed by atoms with E-state index < -0.39 is 0 Å². The SMILES string of the molecule is COc1ccc(Br)cc1CNC(=O)CCNC(=O)N1CCSc2nc(C)cc(C)c21. The van der Waals surface area contributed by atoms with Gasteiger partial charge in [0.1, 0.15) is 10.8 Å². The molecule has 7 nitrogen and oxygen atoms in total. The lowest BCUT2D eigenvalue weighted by Gasteiger charge is -2.30. The number of hydrogen-bond acceptors (Lipinski definition) is 5. The van der Waals surface area contributed by atoms with Gasteiger partial charge in [-0.25, -0.2) is 9.78 Å². The van der Waals surface area contributed by atoms with E-state index in [1.807, 2.05) is 38.1 Å². The monoisotopic (exact) mass is 492 g/mol. The summed E-state index contributed by atoms with van der Waals surface area (Å²) < 4.78 is 6.23. The third-order valence-corrected chi connectivity index (χ3v) is 6.13. The largest absolute Gasteiger partial charge is 0.496 e. The number of aromatic nitrogens is 1. The van der Waals surface area contributed by atoms with Crippen LogP contribution < -0.4 is 20.3 Å². The van der Waals surface area contributed by atoms with E-state index in [1.54, 1.807) is 23.8 Å². The highest BCUT2D eigenvalue weighted by atomic mass is 79.9. The minimum Gasteiger partial charge on any atom is -0.496 e. The maximum atomic E-state index is 12.7. The number of aryl methyl sites for hydroxylation is 2. The van der Waals surface area contributed by atoms with Gasteiger partial charge in [0.25, 0.3) is 0 Å². The summed E-state index contributed by atoms with van der Waals surface area (Å²) in [5.41, 5.74) is 3.71. The van der Waals surface area contributed by atoms with E-state index in [-0.39, 0.29) is 24.9 Å². The van der Waals surface area contributed by atoms with Crippen molar-refractivity contribution < 1.29 is 14.3 Å². The Morgan fingerprint density at radius 1 is 1.27 bits per heavy atom. The van der Waals surface area contributed by atoms with Crippen molar-refractivity contribution in [1.29, 1.82) is 0 Å². The van der Waals surface area contributed by atoms with E-state index in [4.69, 9.17) is 4.74 Å².